The van der Waals surface area contributed by atoms with E-state index in [1.54, 1.807) is 0 Å². The van der Waals surface area contributed by atoms with E-state index in [-0.39, 0.29) is 6.10 Å². The molecule has 1 aromatic carbocycles. The van der Waals surface area contributed by atoms with E-state index < -0.39 is 11.7 Å². The third-order valence-corrected chi connectivity index (χ3v) is 2.35. The molecule has 1 heterocycles. The number of hydrogen-bond acceptors (Lipinski definition) is 1. The van der Waals surface area contributed by atoms with Gasteiger partial charge in [-0.2, -0.15) is 13.2 Å². The molecule has 1 aliphatic rings. The van der Waals surface area contributed by atoms with Gasteiger partial charge in [0.2, 0.25) is 0 Å². The molecule has 0 N–H and O–H groups in total. The molecule has 2 rings (SSSR count). The largest absolute Gasteiger partial charge is 0.416 e. The number of alkyl halides is 3. The van der Waals surface area contributed by atoms with Crippen LogP contribution in [0.3, 0.4) is 0 Å². The Labute approximate surface area is 83.4 Å². The smallest absolute Gasteiger partial charge is 0.368 e. The van der Waals surface area contributed by atoms with Crippen LogP contribution in [0.4, 0.5) is 13.2 Å². The maximum absolute atomic E-state index is 12.3. The molecule has 0 unspecified atom stereocenters. The molecule has 1 atom stereocenters. The fraction of sp³-hybridized carbons (Fsp3) is 0.333. The van der Waals surface area contributed by atoms with Crippen LogP contribution in [0.15, 0.2) is 18.2 Å². The number of epoxide rings is 1. The summed E-state index contributed by atoms with van der Waals surface area (Å²) >= 11 is 5.73. The maximum Gasteiger partial charge on any atom is 0.416 e. The van der Waals surface area contributed by atoms with Crippen LogP contribution in [0.2, 0.25) is 5.02 Å². The van der Waals surface area contributed by atoms with E-state index in [2.05, 4.69) is 0 Å². The minimum absolute atomic E-state index is 0.259. The lowest BCUT2D eigenvalue weighted by Gasteiger charge is -2.08. The molecule has 0 spiro atoms. The summed E-state index contributed by atoms with van der Waals surface area (Å²) in [5.41, 5.74) is -0.270. The van der Waals surface area contributed by atoms with Crippen molar-refractivity contribution in [1.82, 2.24) is 0 Å². The molecule has 5 heteroatoms. The van der Waals surface area contributed by atoms with Gasteiger partial charge in [-0.3, -0.25) is 0 Å². The standard InChI is InChI=1S/C9H6ClF3O/c10-7-2-1-5(9(11,12)13)3-6(7)8-4-14-8/h1-3,8H,4H2/t8-/m1/s1. The van der Waals surface area contributed by atoms with Crippen molar-refractivity contribution >= 4 is 11.6 Å². The summed E-state index contributed by atoms with van der Waals surface area (Å²) in [5.74, 6) is 0. The summed E-state index contributed by atoms with van der Waals surface area (Å²) in [6, 6.07) is 3.26. The lowest BCUT2D eigenvalue weighted by atomic mass is 10.1. The highest BCUT2D eigenvalue weighted by Gasteiger charge is 2.34. The van der Waals surface area contributed by atoms with E-state index in [1.165, 1.54) is 6.07 Å². The Kier molecular flexibility index (Phi) is 2.20. The second kappa shape index (κ2) is 3.14. The average molecular weight is 223 g/mol. The van der Waals surface area contributed by atoms with Gasteiger partial charge in [0, 0.05) is 10.6 Å². The van der Waals surface area contributed by atoms with E-state index in [9.17, 15) is 13.2 Å². The normalized spacial score (nSPS) is 21.0. The van der Waals surface area contributed by atoms with Crippen LogP contribution in [0.25, 0.3) is 0 Å². The summed E-state index contributed by atoms with van der Waals surface area (Å²) in [4.78, 5) is 0. The van der Waals surface area contributed by atoms with Gasteiger partial charge in [0.25, 0.3) is 0 Å². The summed E-state index contributed by atoms with van der Waals surface area (Å²) in [6.45, 7) is 0.445. The zero-order valence-corrected chi connectivity index (χ0v) is 7.69. The monoisotopic (exact) mass is 222 g/mol. The Balaban J connectivity index is 2.40. The highest BCUT2D eigenvalue weighted by molar-refractivity contribution is 6.31. The SMILES string of the molecule is FC(F)(F)c1ccc(Cl)c([C@H]2CO2)c1. The molecule has 0 aromatic heterocycles. The topological polar surface area (TPSA) is 12.5 Å². The molecule has 0 amide bonds. The van der Waals surface area contributed by atoms with Crippen molar-refractivity contribution in [2.24, 2.45) is 0 Å². The number of hydrogen-bond donors (Lipinski definition) is 0. The zero-order chi connectivity index (χ0) is 10.3. The Bertz CT molecular complexity index is 358. The lowest BCUT2D eigenvalue weighted by molar-refractivity contribution is -0.137. The van der Waals surface area contributed by atoms with Crippen LogP contribution in [0, 0.1) is 0 Å². The molecule has 0 aliphatic carbocycles. The first-order valence-corrected chi connectivity index (χ1v) is 4.34. The van der Waals surface area contributed by atoms with E-state index in [1.807, 2.05) is 0 Å². The molecular formula is C9H6ClF3O. The summed E-state index contributed by atoms with van der Waals surface area (Å²) < 4.78 is 41.8. The molecule has 1 nitrogen and oxygen atoms in total. The number of ether oxygens (including phenoxy) is 1. The third kappa shape index (κ3) is 1.86. The lowest BCUT2D eigenvalue weighted by Crippen LogP contribution is -2.05. The highest BCUT2D eigenvalue weighted by atomic mass is 35.5. The van der Waals surface area contributed by atoms with Crippen molar-refractivity contribution in [2.45, 2.75) is 12.3 Å². The van der Waals surface area contributed by atoms with Crippen LogP contribution in [-0.4, -0.2) is 6.61 Å². The quantitative estimate of drug-likeness (QED) is 0.664. The van der Waals surface area contributed by atoms with Gasteiger partial charge < -0.3 is 4.74 Å². The van der Waals surface area contributed by atoms with Gasteiger partial charge in [-0.15, -0.1) is 0 Å². The molecule has 1 saturated heterocycles. The van der Waals surface area contributed by atoms with Gasteiger partial charge in [0.15, 0.2) is 0 Å². The van der Waals surface area contributed by atoms with Crippen molar-refractivity contribution in [3.63, 3.8) is 0 Å². The van der Waals surface area contributed by atoms with Crippen LogP contribution < -0.4 is 0 Å². The third-order valence-electron chi connectivity index (χ3n) is 2.00. The van der Waals surface area contributed by atoms with Crippen LogP contribution in [-0.2, 0) is 10.9 Å². The van der Waals surface area contributed by atoms with Gasteiger partial charge in [0.1, 0.15) is 6.10 Å². The maximum atomic E-state index is 12.3. The zero-order valence-electron chi connectivity index (χ0n) is 6.94. The van der Waals surface area contributed by atoms with Gasteiger partial charge in [0.05, 0.1) is 12.2 Å². The van der Waals surface area contributed by atoms with Gasteiger partial charge in [-0.1, -0.05) is 11.6 Å². The molecule has 0 bridgehead atoms. The molecule has 0 saturated carbocycles. The van der Waals surface area contributed by atoms with E-state index in [0.29, 0.717) is 17.2 Å². The van der Waals surface area contributed by atoms with Crippen LogP contribution in [0.5, 0.6) is 0 Å². The summed E-state index contributed by atoms with van der Waals surface area (Å²) in [6.07, 6.45) is -4.58. The molecule has 0 radical (unpaired) electrons. The Morgan fingerprint density at radius 2 is 2.00 bits per heavy atom. The predicted molar refractivity (Wildman–Crippen MR) is 45.1 cm³/mol. The first-order valence-electron chi connectivity index (χ1n) is 3.97. The molecule has 14 heavy (non-hydrogen) atoms. The van der Waals surface area contributed by atoms with Crippen molar-refractivity contribution < 1.29 is 17.9 Å². The van der Waals surface area contributed by atoms with E-state index in [0.717, 1.165) is 12.1 Å². The second-order valence-electron chi connectivity index (χ2n) is 3.06. The van der Waals surface area contributed by atoms with Gasteiger partial charge >= 0.3 is 6.18 Å². The summed E-state index contributed by atoms with van der Waals surface area (Å²) in [5, 5.41) is 0.320. The molecule has 1 aliphatic heterocycles. The van der Waals surface area contributed by atoms with E-state index in [4.69, 9.17) is 16.3 Å². The Hall–Kier alpha value is -0.740. The second-order valence-corrected chi connectivity index (χ2v) is 3.46. The average Bonchev–Trinajstić information content (AvgIpc) is 2.85. The minimum atomic E-state index is -4.33. The highest BCUT2D eigenvalue weighted by Crippen LogP contribution is 2.38. The summed E-state index contributed by atoms with van der Waals surface area (Å²) in [7, 11) is 0. The van der Waals surface area contributed by atoms with Gasteiger partial charge in [-0.05, 0) is 18.2 Å². The fourth-order valence-corrected chi connectivity index (χ4v) is 1.43. The predicted octanol–water partition coefficient (Wildman–Crippen LogP) is 3.43. The van der Waals surface area contributed by atoms with Crippen LogP contribution >= 0.6 is 11.6 Å². The first-order chi connectivity index (χ1) is 6.48. The van der Waals surface area contributed by atoms with Gasteiger partial charge in [-0.25, -0.2) is 0 Å². The first kappa shape index (κ1) is 9.80. The minimum Gasteiger partial charge on any atom is -0.368 e. The van der Waals surface area contributed by atoms with Crippen molar-refractivity contribution in [2.75, 3.05) is 6.61 Å². The number of benzene rings is 1. The molecular weight excluding hydrogens is 217 g/mol. The molecule has 1 fully saturated rings. The van der Waals surface area contributed by atoms with Crippen molar-refractivity contribution in [3.8, 4) is 0 Å². The molecule has 1 aromatic rings. The van der Waals surface area contributed by atoms with Crippen LogP contribution in [0.1, 0.15) is 17.2 Å². The van der Waals surface area contributed by atoms with Crippen molar-refractivity contribution in [1.29, 1.82) is 0 Å². The fourth-order valence-electron chi connectivity index (χ4n) is 1.19. The number of halogens is 4. The Morgan fingerprint density at radius 1 is 1.36 bits per heavy atom. The Morgan fingerprint density at radius 3 is 2.50 bits per heavy atom. The van der Waals surface area contributed by atoms with E-state index >= 15 is 0 Å². The van der Waals surface area contributed by atoms with Crippen molar-refractivity contribution in [3.05, 3.63) is 34.3 Å². The number of rotatable bonds is 1. The molecule has 76 valence electrons.